The van der Waals surface area contributed by atoms with Crippen LogP contribution in [0, 0.1) is 0 Å². The second kappa shape index (κ2) is 6.15. The minimum Gasteiger partial charge on any atom is -0.265 e. The number of rotatable bonds is 3. The second-order valence-corrected chi connectivity index (χ2v) is 1.32. The molecule has 0 aromatic carbocycles. The Bertz CT molecular complexity index is 101. The molecule has 0 aromatic heterocycles. The molecule has 0 aliphatic heterocycles. The molecule has 0 spiro atoms. The van der Waals surface area contributed by atoms with Crippen LogP contribution < -0.4 is 0 Å². The van der Waals surface area contributed by atoms with E-state index in [0.29, 0.717) is 0 Å². The second-order valence-electron chi connectivity index (χ2n) is 1.32. The van der Waals surface area contributed by atoms with Crippen molar-refractivity contribution in [1.29, 1.82) is 0 Å². The van der Waals surface area contributed by atoms with E-state index in [9.17, 15) is 0 Å². The van der Waals surface area contributed by atoms with Gasteiger partial charge in [0, 0.05) is 12.4 Å². The van der Waals surface area contributed by atoms with E-state index in [2.05, 4.69) is 18.5 Å². The molecule has 8 heavy (non-hydrogen) atoms. The Morgan fingerprint density at radius 2 is 2.38 bits per heavy atom. The van der Waals surface area contributed by atoms with Gasteiger partial charge in [0.15, 0.2) is 0 Å². The highest BCUT2D eigenvalue weighted by atomic mass is 14.6. The van der Waals surface area contributed by atoms with Gasteiger partial charge in [-0.1, -0.05) is 19.6 Å². The topological polar surface area (TPSA) is 12.4 Å². The highest BCUT2D eigenvalue weighted by Crippen LogP contribution is 1.75. The molecule has 0 aliphatic rings. The summed E-state index contributed by atoms with van der Waals surface area (Å²) in [5.74, 6) is 0. The third-order valence-electron chi connectivity index (χ3n) is 0.649. The quantitative estimate of drug-likeness (QED) is 0.492. The molecular formula is C7H11N. The molecular weight excluding hydrogens is 98.1 g/mol. The van der Waals surface area contributed by atoms with Gasteiger partial charge in [-0.2, -0.15) is 0 Å². The average Bonchev–Trinajstić information content (AvgIpc) is 1.81. The van der Waals surface area contributed by atoms with Crippen molar-refractivity contribution in [3.05, 3.63) is 24.9 Å². The molecule has 0 rings (SSSR count). The molecule has 0 heterocycles. The lowest BCUT2D eigenvalue weighted by Gasteiger charge is -1.71. The lowest BCUT2D eigenvalue weighted by molar-refractivity contribution is 1.23. The summed E-state index contributed by atoms with van der Waals surface area (Å²) in [6.45, 7) is 5.51. The molecule has 0 N–H and O–H groups in total. The highest BCUT2D eigenvalue weighted by Gasteiger charge is 1.59. The van der Waals surface area contributed by atoms with Crippen molar-refractivity contribution in [2.24, 2.45) is 4.99 Å². The van der Waals surface area contributed by atoms with E-state index in [1.54, 1.807) is 6.21 Å². The smallest absolute Gasteiger partial charge is 0.0264 e. The standard InChI is InChI=1S/C7H11N/c1-3-5-6-7-8-4-2/h4-7H,2-3H2,1H3/b6-5-,8-7-. The maximum atomic E-state index is 3.76. The lowest BCUT2D eigenvalue weighted by Crippen LogP contribution is -1.59. The van der Waals surface area contributed by atoms with Gasteiger partial charge in [-0.25, -0.2) is 0 Å². The van der Waals surface area contributed by atoms with Gasteiger partial charge in [0.2, 0.25) is 0 Å². The minimum absolute atomic E-state index is 1.06. The first-order chi connectivity index (χ1) is 3.91. The summed E-state index contributed by atoms with van der Waals surface area (Å²) in [6, 6.07) is 0. The van der Waals surface area contributed by atoms with Gasteiger partial charge in [-0.15, -0.1) is 0 Å². The first-order valence-electron chi connectivity index (χ1n) is 2.71. The lowest BCUT2D eigenvalue weighted by atomic mass is 10.4. The number of allylic oxidation sites excluding steroid dienone is 2. The summed E-state index contributed by atoms with van der Waals surface area (Å²) in [7, 11) is 0. The highest BCUT2D eigenvalue weighted by molar-refractivity contribution is 5.71. The van der Waals surface area contributed by atoms with Crippen LogP contribution in [-0.4, -0.2) is 6.21 Å². The largest absolute Gasteiger partial charge is 0.265 e. The van der Waals surface area contributed by atoms with E-state index in [1.807, 2.05) is 12.2 Å². The Labute approximate surface area is 50.4 Å². The zero-order chi connectivity index (χ0) is 6.24. The van der Waals surface area contributed by atoms with Crippen molar-refractivity contribution in [3.63, 3.8) is 0 Å². The van der Waals surface area contributed by atoms with Crippen LogP contribution in [0.3, 0.4) is 0 Å². The fourth-order valence-corrected chi connectivity index (χ4v) is 0.307. The van der Waals surface area contributed by atoms with Gasteiger partial charge < -0.3 is 0 Å². The minimum atomic E-state index is 1.06. The normalized spacial score (nSPS) is 11.1. The van der Waals surface area contributed by atoms with E-state index in [4.69, 9.17) is 0 Å². The zero-order valence-corrected chi connectivity index (χ0v) is 5.17. The summed E-state index contributed by atoms with van der Waals surface area (Å²) in [6.07, 6.45) is 8.23. The first-order valence-corrected chi connectivity index (χ1v) is 2.71. The fraction of sp³-hybridized carbons (Fsp3) is 0.286. The van der Waals surface area contributed by atoms with Gasteiger partial charge in [-0.3, -0.25) is 4.99 Å². The van der Waals surface area contributed by atoms with E-state index in [-0.39, 0.29) is 0 Å². The molecule has 0 saturated heterocycles. The SMILES string of the molecule is C=C/N=C\C=C/CC. The van der Waals surface area contributed by atoms with Crippen molar-refractivity contribution in [2.45, 2.75) is 13.3 Å². The van der Waals surface area contributed by atoms with Crippen LogP contribution in [0.15, 0.2) is 29.9 Å². The summed E-state index contributed by atoms with van der Waals surface area (Å²) in [5, 5.41) is 0. The molecule has 44 valence electrons. The summed E-state index contributed by atoms with van der Waals surface area (Å²) >= 11 is 0. The molecule has 0 radical (unpaired) electrons. The van der Waals surface area contributed by atoms with E-state index < -0.39 is 0 Å². The number of aliphatic imine (C=N–C) groups is 1. The molecule has 0 saturated carbocycles. The van der Waals surface area contributed by atoms with Crippen molar-refractivity contribution >= 4 is 6.21 Å². The number of hydrogen-bond donors (Lipinski definition) is 0. The van der Waals surface area contributed by atoms with Crippen LogP contribution in [-0.2, 0) is 0 Å². The van der Waals surface area contributed by atoms with Gasteiger partial charge in [0.1, 0.15) is 0 Å². The van der Waals surface area contributed by atoms with Gasteiger partial charge in [0.05, 0.1) is 0 Å². The summed E-state index contributed by atoms with van der Waals surface area (Å²) in [4.78, 5) is 3.76. The third kappa shape index (κ3) is 5.15. The zero-order valence-electron chi connectivity index (χ0n) is 5.17. The van der Waals surface area contributed by atoms with Gasteiger partial charge in [-0.05, 0) is 12.5 Å². The Kier molecular flexibility index (Phi) is 5.50. The van der Waals surface area contributed by atoms with Crippen LogP contribution in [0.1, 0.15) is 13.3 Å². The van der Waals surface area contributed by atoms with Crippen LogP contribution in [0.4, 0.5) is 0 Å². The predicted octanol–water partition coefficient (Wildman–Crippen LogP) is 2.17. The van der Waals surface area contributed by atoms with E-state index in [0.717, 1.165) is 6.42 Å². The predicted molar refractivity (Wildman–Crippen MR) is 38.1 cm³/mol. The molecule has 1 nitrogen and oxygen atoms in total. The first kappa shape index (κ1) is 7.15. The molecule has 0 amide bonds. The van der Waals surface area contributed by atoms with Crippen LogP contribution >= 0.6 is 0 Å². The van der Waals surface area contributed by atoms with Crippen molar-refractivity contribution in [1.82, 2.24) is 0 Å². The monoisotopic (exact) mass is 109 g/mol. The van der Waals surface area contributed by atoms with Crippen LogP contribution in [0.2, 0.25) is 0 Å². The maximum absolute atomic E-state index is 3.76. The molecule has 0 bridgehead atoms. The van der Waals surface area contributed by atoms with Crippen molar-refractivity contribution < 1.29 is 0 Å². The Hall–Kier alpha value is -0.850. The summed E-state index contributed by atoms with van der Waals surface area (Å²) in [5.41, 5.74) is 0. The molecule has 1 heteroatoms. The van der Waals surface area contributed by atoms with Crippen LogP contribution in [0.5, 0.6) is 0 Å². The van der Waals surface area contributed by atoms with Crippen molar-refractivity contribution in [3.8, 4) is 0 Å². The molecule has 0 atom stereocenters. The Morgan fingerprint density at radius 3 is 2.88 bits per heavy atom. The molecule has 0 aliphatic carbocycles. The van der Waals surface area contributed by atoms with Gasteiger partial charge in [0.25, 0.3) is 0 Å². The third-order valence-corrected chi connectivity index (χ3v) is 0.649. The van der Waals surface area contributed by atoms with Crippen LogP contribution in [0.25, 0.3) is 0 Å². The number of hydrogen-bond acceptors (Lipinski definition) is 1. The Balaban J connectivity index is 3.26. The molecule has 0 fully saturated rings. The summed E-state index contributed by atoms with van der Waals surface area (Å²) < 4.78 is 0. The van der Waals surface area contributed by atoms with E-state index >= 15 is 0 Å². The van der Waals surface area contributed by atoms with Gasteiger partial charge >= 0.3 is 0 Å². The fourth-order valence-electron chi connectivity index (χ4n) is 0.307. The van der Waals surface area contributed by atoms with Crippen molar-refractivity contribution in [2.75, 3.05) is 0 Å². The number of nitrogens with zero attached hydrogens (tertiary/aromatic N) is 1. The molecule has 0 unspecified atom stereocenters. The average molecular weight is 109 g/mol. The molecule has 0 aromatic rings. The Morgan fingerprint density at radius 1 is 1.62 bits per heavy atom. The van der Waals surface area contributed by atoms with E-state index in [1.165, 1.54) is 6.20 Å². The maximum Gasteiger partial charge on any atom is 0.0264 e.